The quantitative estimate of drug-likeness (QED) is 0.404. The highest BCUT2D eigenvalue weighted by Gasteiger charge is 2.17. The Morgan fingerprint density at radius 1 is 1.10 bits per heavy atom. The van der Waals surface area contributed by atoms with Crippen molar-refractivity contribution >= 4 is 28.6 Å². The van der Waals surface area contributed by atoms with Crippen LogP contribution in [0.1, 0.15) is 45.2 Å². The van der Waals surface area contributed by atoms with E-state index >= 15 is 0 Å². The molecule has 0 unspecified atom stereocenters. The lowest BCUT2D eigenvalue weighted by Gasteiger charge is -2.18. The molecule has 3 aromatic rings. The zero-order valence-electron chi connectivity index (χ0n) is 17.8. The second-order valence-corrected chi connectivity index (χ2v) is 8.57. The van der Waals surface area contributed by atoms with Crippen LogP contribution in [0.4, 0.5) is 0 Å². The van der Waals surface area contributed by atoms with E-state index < -0.39 is 0 Å². The topological polar surface area (TPSA) is 64.0 Å². The number of carbonyl (C=O) groups is 1. The Hall–Kier alpha value is -2.60. The summed E-state index contributed by atoms with van der Waals surface area (Å²) < 4.78 is 1.72. The third-order valence-corrected chi connectivity index (χ3v) is 6.21. The Morgan fingerprint density at radius 3 is 2.53 bits per heavy atom. The minimum Gasteiger partial charge on any atom is -0.353 e. The normalized spacial score (nSPS) is 13.2. The van der Waals surface area contributed by atoms with E-state index in [4.69, 9.17) is 0 Å². The first-order chi connectivity index (χ1) is 14.5. The van der Waals surface area contributed by atoms with Crippen LogP contribution in [0.15, 0.2) is 64.5 Å². The zero-order chi connectivity index (χ0) is 21.5. The Balaban J connectivity index is 1.65. The van der Waals surface area contributed by atoms with E-state index in [1.165, 1.54) is 17.3 Å². The first kappa shape index (κ1) is 22.1. The van der Waals surface area contributed by atoms with Gasteiger partial charge in [0.15, 0.2) is 5.16 Å². The van der Waals surface area contributed by atoms with Gasteiger partial charge in [0.1, 0.15) is 0 Å². The summed E-state index contributed by atoms with van der Waals surface area (Å²) in [6.45, 7) is 6.07. The van der Waals surface area contributed by atoms with Gasteiger partial charge in [-0.3, -0.25) is 14.2 Å². The molecule has 0 saturated heterocycles. The Bertz CT molecular complexity index is 1050. The lowest BCUT2D eigenvalue weighted by molar-refractivity contribution is -0.119. The fraction of sp³-hybridized carbons (Fsp3) is 0.375. The number of thioether (sulfide) groups is 1. The Kier molecular flexibility index (Phi) is 7.69. The highest BCUT2D eigenvalue weighted by Crippen LogP contribution is 2.22. The molecular weight excluding hydrogens is 394 g/mol. The largest absolute Gasteiger partial charge is 0.353 e. The number of aromatic nitrogens is 2. The Morgan fingerprint density at radius 2 is 1.80 bits per heavy atom. The number of para-hydroxylation sites is 1. The number of nitrogens with zero attached hydrogens (tertiary/aromatic N) is 2. The molecule has 1 amide bonds. The van der Waals surface area contributed by atoms with Crippen molar-refractivity contribution in [1.82, 2.24) is 14.9 Å². The number of amides is 1. The number of carbonyl (C=O) groups excluding carboxylic acids is 1. The number of hydrogen-bond acceptors (Lipinski definition) is 4. The molecule has 0 bridgehead atoms. The third-order valence-electron chi connectivity index (χ3n) is 5.26. The summed E-state index contributed by atoms with van der Waals surface area (Å²) in [4.78, 5) is 30.2. The fourth-order valence-corrected chi connectivity index (χ4v) is 4.25. The summed E-state index contributed by atoms with van der Waals surface area (Å²) in [5.74, 6) is 0.190. The maximum Gasteiger partial charge on any atom is 0.262 e. The van der Waals surface area contributed by atoms with Crippen molar-refractivity contribution in [3.05, 3.63) is 70.5 Å². The van der Waals surface area contributed by atoms with E-state index in [2.05, 4.69) is 22.4 Å². The molecule has 30 heavy (non-hydrogen) atoms. The van der Waals surface area contributed by atoms with E-state index in [0.29, 0.717) is 16.1 Å². The highest BCUT2D eigenvalue weighted by molar-refractivity contribution is 7.99. The molecule has 0 aliphatic carbocycles. The minimum atomic E-state index is -0.0471. The SMILES string of the molecule is CC[C@@H](C)n1c(SCC(=O)N[C@H](C)CCc2ccccc2)nc2ccccc2c1=O. The van der Waals surface area contributed by atoms with Crippen LogP contribution in [0, 0.1) is 0 Å². The van der Waals surface area contributed by atoms with Crippen molar-refractivity contribution in [2.24, 2.45) is 0 Å². The highest BCUT2D eigenvalue weighted by atomic mass is 32.2. The number of hydrogen-bond donors (Lipinski definition) is 1. The van der Waals surface area contributed by atoms with Crippen LogP contribution in [0.5, 0.6) is 0 Å². The molecule has 0 fully saturated rings. The van der Waals surface area contributed by atoms with Gasteiger partial charge in [0.25, 0.3) is 5.56 Å². The molecule has 0 spiro atoms. The van der Waals surface area contributed by atoms with Crippen LogP contribution < -0.4 is 10.9 Å². The molecule has 0 radical (unpaired) electrons. The average Bonchev–Trinajstić information content (AvgIpc) is 2.76. The van der Waals surface area contributed by atoms with Gasteiger partial charge in [-0.2, -0.15) is 0 Å². The standard InChI is InChI=1S/C24H29N3O2S/c1-4-18(3)27-23(29)20-12-8-9-13-21(20)26-24(27)30-16-22(28)25-17(2)14-15-19-10-6-5-7-11-19/h5-13,17-18H,4,14-16H2,1-3H3,(H,25,28)/t17-,18-/m1/s1. The van der Waals surface area contributed by atoms with Crippen LogP contribution in [-0.4, -0.2) is 27.3 Å². The molecular formula is C24H29N3O2S. The molecule has 0 aliphatic rings. The van der Waals surface area contributed by atoms with Crippen molar-refractivity contribution in [1.29, 1.82) is 0 Å². The molecule has 2 atom stereocenters. The summed E-state index contributed by atoms with van der Waals surface area (Å²) in [6.07, 6.45) is 2.62. The molecule has 0 aliphatic heterocycles. The summed E-state index contributed by atoms with van der Waals surface area (Å²) in [5.41, 5.74) is 1.89. The van der Waals surface area contributed by atoms with E-state index in [1.807, 2.05) is 57.2 Å². The first-order valence-corrected chi connectivity index (χ1v) is 11.5. The van der Waals surface area contributed by atoms with Crippen molar-refractivity contribution in [2.75, 3.05) is 5.75 Å². The van der Waals surface area contributed by atoms with Gasteiger partial charge in [-0.25, -0.2) is 4.98 Å². The van der Waals surface area contributed by atoms with Crippen LogP contribution in [0.25, 0.3) is 10.9 Å². The van der Waals surface area contributed by atoms with Crippen LogP contribution in [0.2, 0.25) is 0 Å². The van der Waals surface area contributed by atoms with Crippen molar-refractivity contribution in [3.63, 3.8) is 0 Å². The number of fused-ring (bicyclic) bond motifs is 1. The number of aryl methyl sites for hydroxylation is 1. The lowest BCUT2D eigenvalue weighted by atomic mass is 10.1. The monoisotopic (exact) mass is 423 g/mol. The molecule has 1 N–H and O–H groups in total. The van der Waals surface area contributed by atoms with Crippen LogP contribution in [0.3, 0.4) is 0 Å². The number of rotatable bonds is 9. The minimum absolute atomic E-state index is 0.0185. The van der Waals surface area contributed by atoms with Gasteiger partial charge in [-0.1, -0.05) is 61.2 Å². The predicted molar refractivity (Wildman–Crippen MR) is 124 cm³/mol. The van der Waals surface area contributed by atoms with Crippen molar-refractivity contribution in [2.45, 2.75) is 57.3 Å². The van der Waals surface area contributed by atoms with E-state index in [-0.39, 0.29) is 29.3 Å². The zero-order valence-corrected chi connectivity index (χ0v) is 18.6. The maximum atomic E-state index is 13.0. The van der Waals surface area contributed by atoms with E-state index in [9.17, 15) is 9.59 Å². The van der Waals surface area contributed by atoms with Gasteiger partial charge in [0.05, 0.1) is 16.7 Å². The van der Waals surface area contributed by atoms with E-state index in [1.54, 1.807) is 10.6 Å². The molecule has 5 nitrogen and oxygen atoms in total. The molecule has 158 valence electrons. The summed E-state index contributed by atoms with van der Waals surface area (Å²) in [6, 6.07) is 17.7. The first-order valence-electron chi connectivity index (χ1n) is 10.5. The maximum absolute atomic E-state index is 13.0. The van der Waals surface area contributed by atoms with Crippen molar-refractivity contribution < 1.29 is 4.79 Å². The van der Waals surface area contributed by atoms with Gasteiger partial charge in [0, 0.05) is 12.1 Å². The lowest BCUT2D eigenvalue weighted by Crippen LogP contribution is -2.34. The van der Waals surface area contributed by atoms with Gasteiger partial charge < -0.3 is 5.32 Å². The van der Waals surface area contributed by atoms with Crippen LogP contribution in [-0.2, 0) is 11.2 Å². The van der Waals surface area contributed by atoms with Gasteiger partial charge in [-0.05, 0) is 50.8 Å². The van der Waals surface area contributed by atoms with E-state index in [0.717, 1.165) is 19.3 Å². The molecule has 3 rings (SSSR count). The smallest absolute Gasteiger partial charge is 0.262 e. The fourth-order valence-electron chi connectivity index (χ4n) is 3.35. The summed E-state index contributed by atoms with van der Waals surface area (Å²) in [7, 11) is 0. The van der Waals surface area contributed by atoms with Crippen LogP contribution >= 0.6 is 11.8 Å². The molecule has 1 aromatic heterocycles. The van der Waals surface area contributed by atoms with Gasteiger partial charge in [0.2, 0.25) is 5.91 Å². The van der Waals surface area contributed by atoms with Crippen molar-refractivity contribution in [3.8, 4) is 0 Å². The molecule has 0 saturated carbocycles. The number of nitrogens with one attached hydrogen (secondary N) is 1. The molecule has 1 heterocycles. The third kappa shape index (κ3) is 5.51. The molecule has 2 aromatic carbocycles. The number of benzene rings is 2. The second-order valence-electron chi connectivity index (χ2n) is 7.63. The predicted octanol–water partition coefficient (Wildman–Crippen LogP) is 4.60. The van der Waals surface area contributed by atoms with Gasteiger partial charge in [-0.15, -0.1) is 0 Å². The van der Waals surface area contributed by atoms with Gasteiger partial charge >= 0.3 is 0 Å². The second kappa shape index (κ2) is 10.4. The molecule has 6 heteroatoms. The summed E-state index contributed by atoms with van der Waals surface area (Å²) in [5, 5.41) is 4.27. The Labute approximate surface area is 181 Å². The summed E-state index contributed by atoms with van der Waals surface area (Å²) >= 11 is 1.32. The average molecular weight is 424 g/mol.